The maximum Gasteiger partial charge on any atom is 0.303 e. The highest BCUT2D eigenvalue weighted by atomic mass is 79.9. The normalized spacial score (nSPS) is 22.9. The van der Waals surface area contributed by atoms with Crippen molar-refractivity contribution in [2.45, 2.75) is 143 Å². The van der Waals surface area contributed by atoms with E-state index in [9.17, 15) is 58.2 Å². The van der Waals surface area contributed by atoms with Gasteiger partial charge in [0.2, 0.25) is 36.6 Å². The van der Waals surface area contributed by atoms with Gasteiger partial charge in [-0.15, -0.1) is 0 Å². The molecule has 0 unspecified atom stereocenters. The second-order valence-corrected chi connectivity index (χ2v) is 19.6. The van der Waals surface area contributed by atoms with Crippen molar-refractivity contribution in [1.29, 1.82) is 0 Å². The number of hydrogen-bond acceptors (Lipinski definition) is 25. The fourth-order valence-corrected chi connectivity index (χ4v) is 9.57. The van der Waals surface area contributed by atoms with Crippen molar-refractivity contribution in [2.24, 2.45) is 0 Å². The highest BCUT2D eigenvalue weighted by Gasteiger charge is 2.55. The Morgan fingerprint density at radius 1 is 0.469 bits per heavy atom. The zero-order chi connectivity index (χ0) is 60.2. The summed E-state index contributed by atoms with van der Waals surface area (Å²) in [6.45, 7) is 12.7. The third kappa shape index (κ3) is 17.1. The molecule has 5 heterocycles. The van der Waals surface area contributed by atoms with Gasteiger partial charge in [-0.2, -0.15) is 0 Å². The van der Waals surface area contributed by atoms with Crippen molar-refractivity contribution in [1.82, 2.24) is 9.13 Å². The number of aromatic nitrogens is 2. The molecule has 442 valence electrons. The number of rotatable bonds is 14. The van der Waals surface area contributed by atoms with E-state index in [2.05, 4.69) is 31.9 Å². The average Bonchev–Trinajstić information content (AvgIpc) is 4.40. The van der Waals surface area contributed by atoms with Gasteiger partial charge < -0.3 is 71.8 Å². The number of nitrogens with zero attached hydrogens (tertiary/aromatic N) is 2. The quantitative estimate of drug-likeness (QED) is 0.120. The van der Waals surface area contributed by atoms with Crippen LogP contribution in [-0.2, 0) is 90.5 Å². The van der Waals surface area contributed by atoms with E-state index in [0.29, 0.717) is 11.0 Å². The Bertz CT molecular complexity index is 2820. The van der Waals surface area contributed by atoms with Gasteiger partial charge >= 0.3 is 47.8 Å². The lowest BCUT2D eigenvalue weighted by Gasteiger charge is -2.43. The zero-order valence-corrected chi connectivity index (χ0v) is 48.6. The number of carbonyl (C=O) groups is 10. The number of aromatic hydroxyl groups is 2. The molecule has 3 aliphatic rings. The van der Waals surface area contributed by atoms with Crippen LogP contribution in [0.1, 0.15) is 91.7 Å². The first-order chi connectivity index (χ1) is 38.1. The summed E-state index contributed by atoms with van der Waals surface area (Å²) in [5.41, 5.74) is 0.755. The van der Waals surface area contributed by atoms with Crippen LogP contribution in [0.2, 0.25) is 0 Å². The molecule has 4 aromatic rings. The Balaban J connectivity index is 0.000000273. The maximum atomic E-state index is 12.3. The first-order valence-corrected chi connectivity index (χ1v) is 26.3. The van der Waals surface area contributed by atoms with Gasteiger partial charge in [0.25, 0.3) is 0 Å². The number of phenolic OH excluding ortho intramolecular Hbond substituents is 2. The molecule has 0 amide bonds. The van der Waals surface area contributed by atoms with Crippen molar-refractivity contribution in [3.05, 3.63) is 45.6 Å². The molecule has 0 radical (unpaired) electrons. The van der Waals surface area contributed by atoms with E-state index in [1.165, 1.54) is 72.5 Å². The average molecular weight is 1270 g/mol. The van der Waals surface area contributed by atoms with Crippen LogP contribution >= 0.6 is 31.9 Å². The summed E-state index contributed by atoms with van der Waals surface area (Å²) in [5, 5.41) is 21.0. The topological polar surface area (TPSA) is 341 Å². The third-order valence-corrected chi connectivity index (χ3v) is 13.2. The van der Waals surface area contributed by atoms with Crippen LogP contribution in [0.4, 0.5) is 0 Å². The first kappa shape index (κ1) is 64.5. The van der Waals surface area contributed by atoms with E-state index >= 15 is 0 Å². The van der Waals surface area contributed by atoms with Gasteiger partial charge in [0.1, 0.15) is 48.4 Å². The summed E-state index contributed by atoms with van der Waals surface area (Å²) in [6, 6.07) is 5.75. The number of ether oxygens (including phenoxy) is 13. The highest BCUT2D eigenvalue weighted by Crippen LogP contribution is 2.43. The van der Waals surface area contributed by atoms with Crippen molar-refractivity contribution >= 4 is 113 Å². The molecule has 3 saturated heterocycles. The molecule has 10 atom stereocenters. The van der Waals surface area contributed by atoms with Gasteiger partial charge in [-0.3, -0.25) is 57.1 Å². The zero-order valence-electron chi connectivity index (χ0n) is 45.4. The Labute approximate surface area is 478 Å². The van der Waals surface area contributed by atoms with Gasteiger partial charge in [0, 0.05) is 82.5 Å². The molecule has 2 aromatic carbocycles. The summed E-state index contributed by atoms with van der Waals surface area (Å²) in [7, 11) is 0. The summed E-state index contributed by atoms with van der Waals surface area (Å²) in [5.74, 6) is -7.04. The van der Waals surface area contributed by atoms with Crippen LogP contribution in [0.3, 0.4) is 0 Å². The largest absolute Gasteiger partial charge is 0.507 e. The fourth-order valence-electron chi connectivity index (χ4n) is 8.51. The van der Waals surface area contributed by atoms with E-state index in [1.807, 2.05) is 0 Å². The molecule has 27 nitrogen and oxygen atoms in total. The van der Waals surface area contributed by atoms with E-state index in [-0.39, 0.29) is 54.5 Å². The van der Waals surface area contributed by atoms with Crippen LogP contribution in [0.15, 0.2) is 45.6 Å². The number of hydrogen-bond donors (Lipinski definition) is 2. The summed E-state index contributed by atoms with van der Waals surface area (Å²) in [4.78, 5) is 119. The molecular weight excluding hydrogens is 1210 g/mol. The van der Waals surface area contributed by atoms with E-state index in [4.69, 9.17) is 61.6 Å². The van der Waals surface area contributed by atoms with E-state index in [0.717, 1.165) is 68.6 Å². The van der Waals surface area contributed by atoms with Crippen LogP contribution < -0.4 is 9.47 Å². The van der Waals surface area contributed by atoms with Gasteiger partial charge in [-0.05, 0) is 69.0 Å². The lowest BCUT2D eigenvalue weighted by Crippen LogP contribution is -2.63. The molecule has 29 heteroatoms. The van der Waals surface area contributed by atoms with Gasteiger partial charge in [0.05, 0.1) is 43.1 Å². The standard InChI is InChI=1S/2C24H26BrNO12.C4H8O/c2*1-10(27)26-8-17(19-15(26)6-7-16(32)20(19)25)37-24-23(36-14(5)31)22(35-13(4)30)21(34-12(3)29)18(38-24)9-33-11(2)28;1-2-4-5-3-1/h2*6-8,18,21-24,32H,9H2,1-5H3;1-4H2/t2*18-,21-,22+,23-,24-;/m11./s1. The monoisotopic (exact) mass is 1270 g/mol. The van der Waals surface area contributed by atoms with E-state index < -0.39 is 122 Å². The van der Waals surface area contributed by atoms with Gasteiger partial charge in [0.15, 0.2) is 24.4 Å². The van der Waals surface area contributed by atoms with Crippen LogP contribution in [-0.4, -0.2) is 167 Å². The molecule has 7 rings (SSSR count). The molecule has 81 heavy (non-hydrogen) atoms. The summed E-state index contributed by atoms with van der Waals surface area (Å²) < 4.78 is 74.3. The molecule has 0 spiro atoms. The van der Waals surface area contributed by atoms with Crippen LogP contribution in [0.25, 0.3) is 21.8 Å². The minimum Gasteiger partial charge on any atom is -0.507 e. The van der Waals surface area contributed by atoms with Crippen LogP contribution in [0.5, 0.6) is 23.0 Å². The third-order valence-electron chi connectivity index (χ3n) is 11.6. The molecule has 0 bridgehead atoms. The maximum absolute atomic E-state index is 12.3. The second kappa shape index (κ2) is 28.9. The molecule has 0 saturated carbocycles. The smallest absolute Gasteiger partial charge is 0.303 e. The van der Waals surface area contributed by atoms with Gasteiger partial charge in [-0.1, -0.05) is 0 Å². The fraction of sp³-hybridized carbons (Fsp3) is 0.500. The van der Waals surface area contributed by atoms with Crippen molar-refractivity contribution in [3.8, 4) is 23.0 Å². The SMILES string of the molecule is C1CCOC1.CC(=O)OC[C@H]1O[C@@H](Oc2cn(C(C)=O)c3ccc(O)c(Br)c23)[C@H](OC(C)=O)[C@@H](OC(C)=O)[C@@H]1OC(C)=O.CC(=O)OC[C@H]1O[C@@H](Oc2cn(C(C)=O)c3ccc(O)c(Br)c23)[C@H](OC(C)=O)[C@@H](OC(C)=O)[C@@H]1OC(C)=O. The van der Waals surface area contributed by atoms with Crippen LogP contribution in [0, 0.1) is 0 Å². The number of esters is 8. The Hall–Kier alpha value is -7.34. The number of benzene rings is 2. The number of halogens is 2. The molecule has 0 aliphatic carbocycles. The number of fused-ring (bicyclic) bond motifs is 2. The van der Waals surface area contributed by atoms with Gasteiger partial charge in [-0.25, -0.2) is 0 Å². The second-order valence-electron chi connectivity index (χ2n) is 18.0. The first-order valence-electron chi connectivity index (χ1n) is 24.7. The lowest BCUT2D eigenvalue weighted by atomic mass is 9.98. The Kier molecular flexibility index (Phi) is 23.0. The Morgan fingerprint density at radius 3 is 1.05 bits per heavy atom. The van der Waals surface area contributed by atoms with Crippen molar-refractivity contribution < 1.29 is 120 Å². The van der Waals surface area contributed by atoms with Crippen molar-refractivity contribution in [2.75, 3.05) is 26.4 Å². The predicted molar refractivity (Wildman–Crippen MR) is 280 cm³/mol. The minimum absolute atomic E-state index is 0.0267. The number of phenols is 2. The summed E-state index contributed by atoms with van der Waals surface area (Å²) >= 11 is 6.57. The minimum atomic E-state index is -1.52. The molecule has 3 fully saturated rings. The number of carbonyl (C=O) groups excluding carboxylic acids is 10. The van der Waals surface area contributed by atoms with E-state index in [1.54, 1.807) is 0 Å². The molecule has 2 N–H and O–H groups in total. The molecular formula is C52H60Br2N2O25. The van der Waals surface area contributed by atoms with Crippen molar-refractivity contribution in [3.63, 3.8) is 0 Å². The highest BCUT2D eigenvalue weighted by molar-refractivity contribution is 9.11. The lowest BCUT2D eigenvalue weighted by molar-refractivity contribution is -0.288. The molecule has 3 aliphatic heterocycles. The predicted octanol–water partition coefficient (Wildman–Crippen LogP) is 5.26. The molecule has 2 aromatic heterocycles. The summed E-state index contributed by atoms with van der Waals surface area (Å²) in [6.07, 6.45) is -8.76. The Morgan fingerprint density at radius 2 is 0.778 bits per heavy atom.